The summed E-state index contributed by atoms with van der Waals surface area (Å²) in [6.07, 6.45) is 0. The zero-order chi connectivity index (χ0) is 18.0. The lowest BCUT2D eigenvalue weighted by atomic mass is 10.3. The van der Waals surface area contributed by atoms with E-state index in [1.54, 1.807) is 6.92 Å². The fourth-order valence-electron chi connectivity index (χ4n) is 1.94. The molecule has 0 aliphatic heterocycles. The van der Waals surface area contributed by atoms with Crippen LogP contribution < -0.4 is 15.6 Å². The molecule has 1 aromatic carbocycles. The third-order valence-corrected chi connectivity index (χ3v) is 3.93. The Hall–Kier alpha value is -3.34. The average Bonchev–Trinajstić information content (AvgIpc) is 2.96. The maximum atomic E-state index is 11.9. The van der Waals surface area contributed by atoms with Gasteiger partial charge in [-0.15, -0.1) is 0 Å². The summed E-state index contributed by atoms with van der Waals surface area (Å²) in [5.74, 6) is 0.0438. The molecule has 1 amide bonds. The van der Waals surface area contributed by atoms with Crippen LogP contribution in [0.15, 0.2) is 35.1 Å². The molecule has 0 aliphatic carbocycles. The van der Waals surface area contributed by atoms with Gasteiger partial charge in [-0.2, -0.15) is 8.77 Å². The highest BCUT2D eigenvalue weighted by molar-refractivity contribution is 7.10. The van der Waals surface area contributed by atoms with E-state index in [2.05, 4.69) is 15.3 Å². The Morgan fingerprint density at radius 2 is 2.08 bits per heavy atom. The standard InChI is InChI=1S/C14H11N5O5S/c1-8-6-12(21)18-13(15-8)17-14(25-18)16-11(20)7-24-10-4-2-9(3-5-10)19(22)23/h2-6H,7H2,1H3,(H,15,16,17,20). The number of ether oxygens (including phenoxy) is 1. The van der Waals surface area contributed by atoms with Gasteiger partial charge >= 0.3 is 0 Å². The van der Waals surface area contributed by atoms with E-state index in [0.29, 0.717) is 11.4 Å². The van der Waals surface area contributed by atoms with Crippen molar-refractivity contribution in [1.82, 2.24) is 13.8 Å². The van der Waals surface area contributed by atoms with E-state index in [1.807, 2.05) is 0 Å². The number of amides is 1. The number of nitrogens with one attached hydrogen (secondary N) is 1. The Bertz CT molecular complexity index is 1010. The molecule has 0 unspecified atom stereocenters. The molecule has 3 rings (SSSR count). The van der Waals surface area contributed by atoms with Crippen LogP contribution in [0.1, 0.15) is 5.69 Å². The number of anilines is 1. The number of non-ortho nitro benzene ring substituents is 1. The van der Waals surface area contributed by atoms with Crippen LogP contribution in [0.2, 0.25) is 0 Å². The number of hydrogen-bond acceptors (Lipinski definition) is 8. The molecule has 0 saturated heterocycles. The first-order valence-electron chi connectivity index (χ1n) is 6.97. The summed E-state index contributed by atoms with van der Waals surface area (Å²) in [5.41, 5.74) is 0.192. The Balaban J connectivity index is 1.63. The Morgan fingerprint density at radius 3 is 2.76 bits per heavy atom. The van der Waals surface area contributed by atoms with Gasteiger partial charge < -0.3 is 4.74 Å². The van der Waals surface area contributed by atoms with Crippen LogP contribution in [0.5, 0.6) is 5.75 Å². The van der Waals surface area contributed by atoms with Crippen LogP contribution in [0.3, 0.4) is 0 Å². The number of rotatable bonds is 5. The molecule has 3 aromatic rings. The van der Waals surface area contributed by atoms with Crippen molar-refractivity contribution < 1.29 is 14.5 Å². The molecule has 2 aromatic heterocycles. The van der Waals surface area contributed by atoms with E-state index in [1.165, 1.54) is 34.1 Å². The molecule has 0 atom stereocenters. The van der Waals surface area contributed by atoms with Crippen molar-refractivity contribution in [1.29, 1.82) is 0 Å². The number of aryl methyl sites for hydroxylation is 1. The van der Waals surface area contributed by atoms with Gasteiger partial charge in [-0.25, -0.2) is 4.98 Å². The molecule has 25 heavy (non-hydrogen) atoms. The summed E-state index contributed by atoms with van der Waals surface area (Å²) in [6.45, 7) is 1.37. The number of benzene rings is 1. The van der Waals surface area contributed by atoms with Crippen molar-refractivity contribution in [3.63, 3.8) is 0 Å². The number of nitrogens with zero attached hydrogens (tertiary/aromatic N) is 4. The normalized spacial score (nSPS) is 10.6. The molecule has 11 heteroatoms. The number of nitro benzene ring substituents is 1. The molecule has 0 radical (unpaired) electrons. The van der Waals surface area contributed by atoms with Gasteiger partial charge in [-0.1, -0.05) is 0 Å². The van der Waals surface area contributed by atoms with Gasteiger partial charge in [0.05, 0.1) is 4.92 Å². The summed E-state index contributed by atoms with van der Waals surface area (Å²) in [7, 11) is 0. The van der Waals surface area contributed by atoms with Gasteiger partial charge in [-0.05, 0) is 30.6 Å². The zero-order valence-electron chi connectivity index (χ0n) is 12.8. The minimum atomic E-state index is -0.526. The molecule has 1 N–H and O–H groups in total. The quantitative estimate of drug-likeness (QED) is 0.537. The molecular formula is C14H11N5O5S. The molecule has 10 nitrogen and oxygen atoms in total. The monoisotopic (exact) mass is 361 g/mol. The van der Waals surface area contributed by atoms with E-state index in [0.717, 1.165) is 11.5 Å². The van der Waals surface area contributed by atoms with E-state index in [4.69, 9.17) is 4.74 Å². The first-order valence-corrected chi connectivity index (χ1v) is 7.74. The number of aromatic nitrogens is 3. The highest BCUT2D eigenvalue weighted by atomic mass is 32.1. The van der Waals surface area contributed by atoms with Crippen LogP contribution in [0.25, 0.3) is 5.78 Å². The molecule has 128 valence electrons. The first kappa shape index (κ1) is 16.5. The molecule has 0 bridgehead atoms. The van der Waals surface area contributed by atoms with Crippen LogP contribution in [-0.4, -0.2) is 31.2 Å². The molecule has 0 aliphatic rings. The molecule has 0 spiro atoms. The summed E-state index contributed by atoms with van der Waals surface area (Å²) in [6, 6.07) is 6.72. The van der Waals surface area contributed by atoms with E-state index < -0.39 is 10.8 Å². The summed E-state index contributed by atoms with van der Waals surface area (Å²) >= 11 is 0.956. The van der Waals surface area contributed by atoms with Crippen molar-refractivity contribution >= 4 is 34.0 Å². The van der Waals surface area contributed by atoms with Crippen LogP contribution in [-0.2, 0) is 4.79 Å². The van der Waals surface area contributed by atoms with Gasteiger partial charge in [0, 0.05) is 23.9 Å². The van der Waals surface area contributed by atoms with Crippen molar-refractivity contribution in [2.75, 3.05) is 11.9 Å². The maximum Gasteiger partial charge on any atom is 0.269 e. The third kappa shape index (κ3) is 3.77. The minimum absolute atomic E-state index is 0.0699. The number of fused-ring (bicyclic) bond motifs is 1. The number of carbonyl (C=O) groups is 1. The average molecular weight is 361 g/mol. The van der Waals surface area contributed by atoms with Gasteiger partial charge in [0.2, 0.25) is 10.9 Å². The first-order chi connectivity index (χ1) is 11.9. The predicted octanol–water partition coefficient (Wildman–Crippen LogP) is 1.39. The second-order valence-electron chi connectivity index (χ2n) is 4.93. The number of nitro groups is 1. The van der Waals surface area contributed by atoms with Gasteiger partial charge in [0.1, 0.15) is 5.75 Å². The van der Waals surface area contributed by atoms with E-state index in [9.17, 15) is 19.7 Å². The van der Waals surface area contributed by atoms with E-state index >= 15 is 0 Å². The highest BCUT2D eigenvalue weighted by Crippen LogP contribution is 2.17. The second kappa shape index (κ2) is 6.65. The predicted molar refractivity (Wildman–Crippen MR) is 89.1 cm³/mol. The maximum absolute atomic E-state index is 11.9. The fraction of sp³-hybridized carbons (Fsp3) is 0.143. The van der Waals surface area contributed by atoms with Crippen molar-refractivity contribution in [3.05, 3.63) is 56.5 Å². The van der Waals surface area contributed by atoms with Crippen LogP contribution >= 0.6 is 11.5 Å². The van der Waals surface area contributed by atoms with Gasteiger partial charge in [0.15, 0.2) is 6.61 Å². The second-order valence-corrected chi connectivity index (χ2v) is 5.86. The molecular weight excluding hydrogens is 350 g/mol. The summed E-state index contributed by atoms with van der Waals surface area (Å²) in [4.78, 5) is 41.9. The summed E-state index contributed by atoms with van der Waals surface area (Å²) < 4.78 is 6.51. The van der Waals surface area contributed by atoms with Crippen molar-refractivity contribution in [3.8, 4) is 5.75 Å². The van der Waals surface area contributed by atoms with Crippen LogP contribution in [0.4, 0.5) is 10.8 Å². The lowest BCUT2D eigenvalue weighted by molar-refractivity contribution is -0.384. The largest absolute Gasteiger partial charge is 0.484 e. The highest BCUT2D eigenvalue weighted by Gasteiger charge is 2.11. The minimum Gasteiger partial charge on any atom is -0.484 e. The Kier molecular flexibility index (Phi) is 4.39. The van der Waals surface area contributed by atoms with Crippen molar-refractivity contribution in [2.24, 2.45) is 0 Å². The molecule has 0 saturated carbocycles. The van der Waals surface area contributed by atoms with Crippen molar-refractivity contribution in [2.45, 2.75) is 6.92 Å². The number of carbonyl (C=O) groups excluding carboxylic acids is 1. The van der Waals surface area contributed by atoms with E-state index in [-0.39, 0.29) is 28.8 Å². The molecule has 2 heterocycles. The van der Waals surface area contributed by atoms with Gasteiger partial charge in [0.25, 0.3) is 17.2 Å². The lowest BCUT2D eigenvalue weighted by Gasteiger charge is -2.05. The van der Waals surface area contributed by atoms with Crippen LogP contribution in [0, 0.1) is 17.0 Å². The lowest BCUT2D eigenvalue weighted by Crippen LogP contribution is -2.20. The van der Waals surface area contributed by atoms with Gasteiger partial charge in [-0.3, -0.25) is 25.0 Å². The SMILES string of the molecule is Cc1cc(=O)n2sc(NC(=O)COc3ccc([N+](=O)[O-])cc3)nc2n1. The zero-order valence-corrected chi connectivity index (χ0v) is 13.6. The Labute approximate surface area is 144 Å². The fourth-order valence-corrected chi connectivity index (χ4v) is 2.71. The third-order valence-electron chi connectivity index (χ3n) is 3.03. The number of hydrogen-bond donors (Lipinski definition) is 1. The Morgan fingerprint density at radius 1 is 1.36 bits per heavy atom. The topological polar surface area (TPSA) is 129 Å². The summed E-state index contributed by atoms with van der Waals surface area (Å²) in [5, 5.41) is 13.3. The molecule has 0 fully saturated rings. The smallest absolute Gasteiger partial charge is 0.269 e.